The third-order valence-electron chi connectivity index (χ3n) is 3.63. The minimum absolute atomic E-state index is 0.0817. The Kier molecular flexibility index (Phi) is 6.39. The van der Waals surface area contributed by atoms with Gasteiger partial charge in [0.25, 0.3) is 0 Å². The normalized spacial score (nSPS) is 20.7. The van der Waals surface area contributed by atoms with Gasteiger partial charge >= 0.3 is 0 Å². The summed E-state index contributed by atoms with van der Waals surface area (Å²) in [6, 6.07) is 9.86. The minimum atomic E-state index is -0.146. The molecule has 2 rings (SSSR count). The molecule has 0 amide bonds. The van der Waals surface area contributed by atoms with Crippen molar-refractivity contribution in [2.45, 2.75) is 45.9 Å². The third kappa shape index (κ3) is 4.68. The Labute approximate surface area is 138 Å². The summed E-state index contributed by atoms with van der Waals surface area (Å²) in [6.07, 6.45) is 2.53. The lowest BCUT2D eigenvalue weighted by Crippen LogP contribution is -2.38. The van der Waals surface area contributed by atoms with Crippen molar-refractivity contribution < 1.29 is 9.47 Å². The highest BCUT2D eigenvalue weighted by molar-refractivity contribution is 5.94. The zero-order valence-electron chi connectivity index (χ0n) is 14.2. The first-order valence-electron chi connectivity index (χ1n) is 8.21. The van der Waals surface area contributed by atoms with Crippen LogP contribution in [0.2, 0.25) is 0 Å². The van der Waals surface area contributed by atoms with Crippen molar-refractivity contribution in [2.24, 2.45) is 15.9 Å². The van der Waals surface area contributed by atoms with E-state index in [0.29, 0.717) is 37.3 Å². The van der Waals surface area contributed by atoms with Crippen LogP contribution in [0.25, 0.3) is 0 Å². The van der Waals surface area contributed by atoms with Crippen LogP contribution in [0.3, 0.4) is 0 Å². The first kappa shape index (κ1) is 17.3. The maximum absolute atomic E-state index is 5.98. The quantitative estimate of drug-likeness (QED) is 0.744. The van der Waals surface area contributed by atoms with Crippen molar-refractivity contribution in [2.75, 3.05) is 6.61 Å². The van der Waals surface area contributed by atoms with Crippen LogP contribution in [0.4, 0.5) is 0 Å². The van der Waals surface area contributed by atoms with E-state index in [1.165, 1.54) is 0 Å². The van der Waals surface area contributed by atoms with Gasteiger partial charge in [-0.2, -0.15) is 0 Å². The van der Waals surface area contributed by atoms with Gasteiger partial charge in [0.15, 0.2) is 0 Å². The predicted octanol–water partition coefficient (Wildman–Crippen LogP) is 4.02. The molecule has 0 saturated heterocycles. The highest BCUT2D eigenvalue weighted by Gasteiger charge is 2.30. The van der Waals surface area contributed by atoms with Crippen LogP contribution >= 0.6 is 0 Å². The first-order valence-corrected chi connectivity index (χ1v) is 8.21. The minimum Gasteiger partial charge on any atom is -0.480 e. The third-order valence-corrected chi connectivity index (χ3v) is 3.63. The maximum atomic E-state index is 5.98. The molecule has 1 aromatic rings. The van der Waals surface area contributed by atoms with Crippen molar-refractivity contribution >= 4 is 11.8 Å². The van der Waals surface area contributed by atoms with Gasteiger partial charge in [0.1, 0.15) is 18.7 Å². The molecular formula is C19H26N2O2. The largest absolute Gasteiger partial charge is 0.480 e. The highest BCUT2D eigenvalue weighted by Crippen LogP contribution is 2.20. The molecule has 1 heterocycles. The molecule has 2 atom stereocenters. The fraction of sp³-hybridized carbons (Fsp3) is 0.474. The molecule has 0 unspecified atom stereocenters. The number of nitrogens with zero attached hydrogens (tertiary/aromatic N) is 2. The van der Waals surface area contributed by atoms with E-state index in [9.17, 15) is 0 Å². The second-order valence-corrected chi connectivity index (χ2v) is 5.87. The van der Waals surface area contributed by atoms with Crippen molar-refractivity contribution in [3.8, 4) is 0 Å². The molecule has 1 aliphatic rings. The van der Waals surface area contributed by atoms with Gasteiger partial charge < -0.3 is 9.47 Å². The molecule has 0 fully saturated rings. The molecule has 23 heavy (non-hydrogen) atoms. The molecule has 0 aromatic heterocycles. The lowest BCUT2D eigenvalue weighted by molar-refractivity contribution is 0.259. The summed E-state index contributed by atoms with van der Waals surface area (Å²) in [6.45, 7) is 11.1. The molecule has 0 aliphatic carbocycles. The van der Waals surface area contributed by atoms with E-state index in [1.807, 2.05) is 43.3 Å². The van der Waals surface area contributed by atoms with E-state index < -0.39 is 0 Å². The van der Waals surface area contributed by atoms with Crippen molar-refractivity contribution in [1.29, 1.82) is 0 Å². The highest BCUT2D eigenvalue weighted by atomic mass is 16.5. The second kappa shape index (κ2) is 8.51. The first-order chi connectivity index (χ1) is 11.2. The Morgan fingerprint density at radius 3 is 2.48 bits per heavy atom. The Morgan fingerprint density at radius 2 is 1.87 bits per heavy atom. The van der Waals surface area contributed by atoms with Crippen LogP contribution in [0.1, 0.15) is 32.8 Å². The number of benzene rings is 1. The standard InChI is InChI=1S/C19H26N2O2/c1-5-10-16-18(23-13-15-11-8-7-9-12-15)21-17(14(3)4)19(20-16)22-6-2/h5,7-9,11-12,14,16-17H,1,6,10,13H2,2-4H3/t16-,17+/m1/s1. The van der Waals surface area contributed by atoms with E-state index in [1.54, 1.807) is 0 Å². The van der Waals surface area contributed by atoms with Gasteiger partial charge in [0.2, 0.25) is 11.8 Å². The van der Waals surface area contributed by atoms with E-state index in [4.69, 9.17) is 19.5 Å². The van der Waals surface area contributed by atoms with Gasteiger partial charge in [-0.3, -0.25) is 0 Å². The van der Waals surface area contributed by atoms with Crippen LogP contribution in [-0.4, -0.2) is 30.5 Å². The molecule has 4 heteroatoms. The smallest absolute Gasteiger partial charge is 0.210 e. The van der Waals surface area contributed by atoms with Crippen molar-refractivity contribution in [1.82, 2.24) is 0 Å². The van der Waals surface area contributed by atoms with E-state index >= 15 is 0 Å². The summed E-state index contributed by atoms with van der Waals surface area (Å²) in [5.74, 6) is 1.69. The molecule has 124 valence electrons. The van der Waals surface area contributed by atoms with Crippen LogP contribution < -0.4 is 0 Å². The summed E-state index contributed by atoms with van der Waals surface area (Å²) >= 11 is 0. The summed E-state index contributed by atoms with van der Waals surface area (Å²) < 4.78 is 11.7. The molecule has 0 radical (unpaired) electrons. The molecule has 0 spiro atoms. The fourth-order valence-corrected chi connectivity index (χ4v) is 2.44. The van der Waals surface area contributed by atoms with Crippen LogP contribution in [0, 0.1) is 5.92 Å². The van der Waals surface area contributed by atoms with Gasteiger partial charge in [-0.15, -0.1) is 6.58 Å². The lowest BCUT2D eigenvalue weighted by Gasteiger charge is -2.28. The van der Waals surface area contributed by atoms with Gasteiger partial charge in [-0.25, -0.2) is 9.98 Å². The number of ether oxygens (including phenoxy) is 2. The number of rotatable bonds is 6. The van der Waals surface area contributed by atoms with Gasteiger partial charge in [-0.05, 0) is 24.8 Å². The summed E-state index contributed by atoms with van der Waals surface area (Å²) in [7, 11) is 0. The maximum Gasteiger partial charge on any atom is 0.210 e. The topological polar surface area (TPSA) is 43.2 Å². The Bertz CT molecular complexity index is 564. The SMILES string of the molecule is C=CC[C@H]1N=C(OCC)[C@H](C(C)C)N=C1OCc1ccccc1. The van der Waals surface area contributed by atoms with Gasteiger partial charge in [0.05, 0.1) is 6.61 Å². The second-order valence-electron chi connectivity index (χ2n) is 5.87. The average Bonchev–Trinajstić information content (AvgIpc) is 2.55. The molecule has 1 aromatic carbocycles. The molecular weight excluding hydrogens is 288 g/mol. The van der Waals surface area contributed by atoms with E-state index in [0.717, 1.165) is 5.56 Å². The lowest BCUT2D eigenvalue weighted by atomic mass is 10.0. The Hall–Kier alpha value is -2.10. The molecule has 4 nitrogen and oxygen atoms in total. The zero-order valence-corrected chi connectivity index (χ0v) is 14.2. The monoisotopic (exact) mass is 314 g/mol. The molecule has 0 N–H and O–H groups in total. The molecule has 0 bridgehead atoms. The van der Waals surface area contributed by atoms with Gasteiger partial charge in [-0.1, -0.05) is 50.3 Å². The fourth-order valence-electron chi connectivity index (χ4n) is 2.44. The predicted molar refractivity (Wildman–Crippen MR) is 95.0 cm³/mol. The van der Waals surface area contributed by atoms with Crippen LogP contribution in [-0.2, 0) is 16.1 Å². The molecule has 0 saturated carbocycles. The zero-order chi connectivity index (χ0) is 16.7. The van der Waals surface area contributed by atoms with Crippen LogP contribution in [0.5, 0.6) is 0 Å². The summed E-state index contributed by atoms with van der Waals surface area (Å²) in [4.78, 5) is 9.51. The Balaban J connectivity index is 2.16. The van der Waals surface area contributed by atoms with E-state index in [-0.39, 0.29) is 12.1 Å². The number of aliphatic imine (C=N–C) groups is 2. The summed E-state index contributed by atoms with van der Waals surface area (Å²) in [5, 5.41) is 0. The summed E-state index contributed by atoms with van der Waals surface area (Å²) in [5.41, 5.74) is 1.12. The Morgan fingerprint density at radius 1 is 1.13 bits per heavy atom. The molecule has 1 aliphatic heterocycles. The van der Waals surface area contributed by atoms with Crippen molar-refractivity contribution in [3.05, 3.63) is 48.6 Å². The van der Waals surface area contributed by atoms with E-state index in [2.05, 4.69) is 20.4 Å². The van der Waals surface area contributed by atoms with Crippen molar-refractivity contribution in [3.63, 3.8) is 0 Å². The van der Waals surface area contributed by atoms with Crippen LogP contribution in [0.15, 0.2) is 53.0 Å². The average molecular weight is 314 g/mol. The number of hydrogen-bond donors (Lipinski definition) is 0. The number of hydrogen-bond acceptors (Lipinski definition) is 4. The van der Waals surface area contributed by atoms with Gasteiger partial charge in [0, 0.05) is 0 Å².